The van der Waals surface area contributed by atoms with Crippen molar-refractivity contribution < 1.29 is 4.52 Å². The molecular weight excluding hydrogens is 226 g/mol. The molecule has 0 bridgehead atoms. The van der Waals surface area contributed by atoms with Gasteiger partial charge >= 0.3 is 0 Å². The highest BCUT2D eigenvalue weighted by Gasteiger charge is 2.30. The Morgan fingerprint density at radius 1 is 1.22 bits per heavy atom. The first kappa shape index (κ1) is 12.2. The van der Waals surface area contributed by atoms with Gasteiger partial charge in [0.1, 0.15) is 0 Å². The number of hydrogen-bond donors (Lipinski definition) is 1. The van der Waals surface area contributed by atoms with Crippen molar-refractivity contribution in [2.75, 3.05) is 13.1 Å². The molecule has 1 saturated carbocycles. The summed E-state index contributed by atoms with van der Waals surface area (Å²) in [5.41, 5.74) is 0. The molecule has 4 heteroatoms. The normalized spacial score (nSPS) is 31.0. The summed E-state index contributed by atoms with van der Waals surface area (Å²) in [5.74, 6) is 4.27. The molecule has 1 aromatic heterocycles. The second-order valence-electron chi connectivity index (χ2n) is 6.15. The Balaban J connectivity index is 1.65. The molecule has 2 heterocycles. The minimum Gasteiger partial charge on any atom is -0.339 e. The van der Waals surface area contributed by atoms with Crippen LogP contribution in [-0.4, -0.2) is 23.2 Å². The van der Waals surface area contributed by atoms with Crippen LogP contribution in [-0.2, 0) is 0 Å². The zero-order chi connectivity index (χ0) is 12.5. The zero-order valence-electron chi connectivity index (χ0n) is 11.4. The average Bonchev–Trinajstić information content (AvgIpc) is 2.77. The topological polar surface area (TPSA) is 51.0 Å². The number of nitrogens with zero attached hydrogens (tertiary/aromatic N) is 2. The molecule has 0 amide bonds. The molecule has 18 heavy (non-hydrogen) atoms. The van der Waals surface area contributed by atoms with E-state index in [4.69, 9.17) is 4.52 Å². The number of aromatic nitrogens is 2. The molecule has 100 valence electrons. The first-order chi connectivity index (χ1) is 8.74. The minimum absolute atomic E-state index is 0.398. The van der Waals surface area contributed by atoms with E-state index in [0.717, 1.165) is 30.7 Å². The van der Waals surface area contributed by atoms with Gasteiger partial charge < -0.3 is 9.84 Å². The van der Waals surface area contributed by atoms with Crippen LogP contribution in [0.2, 0.25) is 0 Å². The quantitative estimate of drug-likeness (QED) is 0.894. The minimum atomic E-state index is 0.398. The van der Waals surface area contributed by atoms with Crippen LogP contribution < -0.4 is 5.32 Å². The Morgan fingerprint density at radius 2 is 1.94 bits per heavy atom. The van der Waals surface area contributed by atoms with Crippen molar-refractivity contribution in [2.45, 2.75) is 51.4 Å². The van der Waals surface area contributed by atoms with Gasteiger partial charge in [-0.2, -0.15) is 4.98 Å². The van der Waals surface area contributed by atoms with Crippen LogP contribution in [0.25, 0.3) is 0 Å². The molecule has 1 aliphatic carbocycles. The molecule has 2 fully saturated rings. The molecule has 1 N–H and O–H groups in total. The largest absolute Gasteiger partial charge is 0.339 e. The molecule has 2 aliphatic rings. The predicted octanol–water partition coefficient (Wildman–Crippen LogP) is 2.69. The van der Waals surface area contributed by atoms with E-state index >= 15 is 0 Å². The Morgan fingerprint density at radius 3 is 2.56 bits per heavy atom. The maximum Gasteiger partial charge on any atom is 0.229 e. The molecule has 1 aromatic rings. The molecule has 1 saturated heterocycles. The van der Waals surface area contributed by atoms with Crippen molar-refractivity contribution in [3.8, 4) is 0 Å². The van der Waals surface area contributed by atoms with Gasteiger partial charge in [-0.25, -0.2) is 0 Å². The van der Waals surface area contributed by atoms with Gasteiger partial charge in [-0.3, -0.25) is 0 Å². The smallest absolute Gasteiger partial charge is 0.229 e. The second-order valence-corrected chi connectivity index (χ2v) is 6.15. The summed E-state index contributed by atoms with van der Waals surface area (Å²) in [6.45, 7) is 6.70. The van der Waals surface area contributed by atoms with E-state index in [0.29, 0.717) is 17.8 Å². The van der Waals surface area contributed by atoms with E-state index in [2.05, 4.69) is 29.3 Å². The molecule has 0 spiro atoms. The zero-order valence-corrected chi connectivity index (χ0v) is 11.4. The highest BCUT2D eigenvalue weighted by Crippen LogP contribution is 2.35. The molecule has 3 rings (SSSR count). The summed E-state index contributed by atoms with van der Waals surface area (Å²) in [7, 11) is 0. The number of rotatable bonds is 3. The highest BCUT2D eigenvalue weighted by atomic mass is 16.5. The van der Waals surface area contributed by atoms with Crippen molar-refractivity contribution in [3.63, 3.8) is 0 Å². The van der Waals surface area contributed by atoms with E-state index in [1.807, 2.05) is 0 Å². The van der Waals surface area contributed by atoms with E-state index in [1.165, 1.54) is 25.7 Å². The van der Waals surface area contributed by atoms with Crippen molar-refractivity contribution in [2.24, 2.45) is 11.8 Å². The standard InChI is InChI=1S/C14H23N3O/c1-9-3-5-11(6-4-9)13-16-14(18-17-13)10(2)12-7-15-8-12/h9-12,15H,3-8H2,1-2H3. The first-order valence-electron chi connectivity index (χ1n) is 7.28. The van der Waals surface area contributed by atoms with Crippen LogP contribution in [0.15, 0.2) is 4.52 Å². The molecular formula is C14H23N3O. The SMILES string of the molecule is CC1CCC(c2noc(C(C)C3CNC3)n2)CC1. The summed E-state index contributed by atoms with van der Waals surface area (Å²) in [6.07, 6.45) is 5.05. The third-order valence-corrected chi connectivity index (χ3v) is 4.75. The van der Waals surface area contributed by atoms with Crippen LogP contribution in [0, 0.1) is 11.8 Å². The van der Waals surface area contributed by atoms with E-state index < -0.39 is 0 Å². The maximum absolute atomic E-state index is 5.47. The van der Waals surface area contributed by atoms with Gasteiger partial charge in [0.05, 0.1) is 0 Å². The summed E-state index contributed by atoms with van der Waals surface area (Å²) < 4.78 is 5.47. The van der Waals surface area contributed by atoms with Gasteiger partial charge in [0.15, 0.2) is 5.82 Å². The van der Waals surface area contributed by atoms with Crippen LogP contribution >= 0.6 is 0 Å². The van der Waals surface area contributed by atoms with Gasteiger partial charge in [-0.1, -0.05) is 31.8 Å². The molecule has 0 radical (unpaired) electrons. The van der Waals surface area contributed by atoms with Gasteiger partial charge in [0.25, 0.3) is 0 Å². The molecule has 1 unspecified atom stereocenters. The second kappa shape index (κ2) is 5.00. The lowest BCUT2D eigenvalue weighted by Crippen LogP contribution is -2.44. The monoisotopic (exact) mass is 249 g/mol. The van der Waals surface area contributed by atoms with Crippen LogP contribution in [0.4, 0.5) is 0 Å². The van der Waals surface area contributed by atoms with Crippen LogP contribution in [0.5, 0.6) is 0 Å². The third kappa shape index (κ3) is 2.30. The number of nitrogens with one attached hydrogen (secondary N) is 1. The van der Waals surface area contributed by atoms with E-state index in [-0.39, 0.29) is 0 Å². The van der Waals surface area contributed by atoms with Crippen molar-refractivity contribution in [1.82, 2.24) is 15.5 Å². The molecule has 4 nitrogen and oxygen atoms in total. The van der Waals surface area contributed by atoms with Gasteiger partial charge in [-0.05, 0) is 37.8 Å². The Kier molecular flexibility index (Phi) is 3.37. The lowest BCUT2D eigenvalue weighted by Gasteiger charge is -2.30. The molecule has 1 aliphatic heterocycles. The fourth-order valence-electron chi connectivity index (χ4n) is 2.98. The Hall–Kier alpha value is -0.900. The van der Waals surface area contributed by atoms with Crippen molar-refractivity contribution >= 4 is 0 Å². The van der Waals surface area contributed by atoms with Crippen LogP contribution in [0.3, 0.4) is 0 Å². The summed E-state index contributed by atoms with van der Waals surface area (Å²) >= 11 is 0. The van der Waals surface area contributed by atoms with Crippen molar-refractivity contribution in [3.05, 3.63) is 11.7 Å². The summed E-state index contributed by atoms with van der Waals surface area (Å²) in [6, 6.07) is 0. The predicted molar refractivity (Wildman–Crippen MR) is 69.4 cm³/mol. The number of hydrogen-bond acceptors (Lipinski definition) is 4. The average molecular weight is 249 g/mol. The lowest BCUT2D eigenvalue weighted by molar-refractivity contribution is 0.251. The van der Waals surface area contributed by atoms with Crippen molar-refractivity contribution in [1.29, 1.82) is 0 Å². The molecule has 0 aromatic carbocycles. The summed E-state index contributed by atoms with van der Waals surface area (Å²) in [4.78, 5) is 4.66. The summed E-state index contributed by atoms with van der Waals surface area (Å²) in [5, 5.41) is 7.52. The Labute approximate surface area is 109 Å². The first-order valence-corrected chi connectivity index (χ1v) is 7.28. The Bertz CT molecular complexity index is 391. The highest BCUT2D eigenvalue weighted by molar-refractivity contribution is 5.02. The van der Waals surface area contributed by atoms with Gasteiger partial charge in [0.2, 0.25) is 5.89 Å². The van der Waals surface area contributed by atoms with Gasteiger partial charge in [0, 0.05) is 11.8 Å². The van der Waals surface area contributed by atoms with Crippen LogP contribution in [0.1, 0.15) is 63.1 Å². The van der Waals surface area contributed by atoms with E-state index in [1.54, 1.807) is 0 Å². The fourth-order valence-corrected chi connectivity index (χ4v) is 2.98. The fraction of sp³-hybridized carbons (Fsp3) is 0.857. The van der Waals surface area contributed by atoms with Gasteiger partial charge in [-0.15, -0.1) is 0 Å². The lowest BCUT2D eigenvalue weighted by atomic mass is 9.82. The third-order valence-electron chi connectivity index (χ3n) is 4.75. The van der Waals surface area contributed by atoms with E-state index in [9.17, 15) is 0 Å². The molecule has 1 atom stereocenters. The maximum atomic E-state index is 5.47.